The topological polar surface area (TPSA) is 119 Å². The number of carbonyl (C=O) groups excluding carboxylic acids is 1. The first-order chi connectivity index (χ1) is 13.6. The van der Waals surface area contributed by atoms with Crippen molar-refractivity contribution in [1.29, 1.82) is 0 Å². The van der Waals surface area contributed by atoms with Crippen LogP contribution in [0.15, 0.2) is 48.5 Å². The molecule has 0 fully saturated rings. The van der Waals surface area contributed by atoms with Crippen molar-refractivity contribution in [2.45, 2.75) is 19.9 Å². The minimum Gasteiger partial charge on any atom is -0.491 e. The molecule has 0 aliphatic heterocycles. The lowest BCUT2D eigenvalue weighted by Crippen LogP contribution is -2.44. The normalized spacial score (nSPS) is 12.1. The van der Waals surface area contributed by atoms with Crippen molar-refractivity contribution in [2.24, 2.45) is 0 Å². The fourth-order valence-electron chi connectivity index (χ4n) is 2.59. The van der Waals surface area contributed by atoms with Crippen molar-refractivity contribution in [3.63, 3.8) is 0 Å². The molecule has 2 aromatic carbocycles. The summed E-state index contributed by atoms with van der Waals surface area (Å²) in [6, 6.07) is 12.2. The molecule has 0 heterocycles. The molecule has 1 atom stereocenters. The van der Waals surface area contributed by atoms with Gasteiger partial charge in [-0.25, -0.2) is 8.42 Å². The third-order valence-electron chi connectivity index (χ3n) is 4.01. The number of amides is 1. The number of hydrogen-bond acceptors (Lipinski definition) is 6. The summed E-state index contributed by atoms with van der Waals surface area (Å²) in [4.78, 5) is 22.7. The van der Waals surface area contributed by atoms with E-state index in [1.807, 2.05) is 31.2 Å². The highest BCUT2D eigenvalue weighted by Crippen LogP contribution is 2.23. The Kier molecular flexibility index (Phi) is 7.16. The number of para-hydroxylation sites is 1. The summed E-state index contributed by atoms with van der Waals surface area (Å²) in [6.07, 6.45) is 0.934. The zero-order valence-corrected chi connectivity index (χ0v) is 17.2. The van der Waals surface area contributed by atoms with E-state index < -0.39 is 27.4 Å². The molecule has 1 N–H and O–H groups in total. The van der Waals surface area contributed by atoms with Crippen molar-refractivity contribution in [3.05, 3.63) is 64.2 Å². The van der Waals surface area contributed by atoms with E-state index in [1.54, 1.807) is 6.92 Å². The third-order valence-corrected chi connectivity index (χ3v) is 5.15. The molecule has 0 radical (unpaired) electrons. The number of nitrogens with zero attached hydrogens (tertiary/aromatic N) is 2. The lowest BCUT2D eigenvalue weighted by atomic mass is 10.2. The number of anilines is 1. The van der Waals surface area contributed by atoms with E-state index in [2.05, 4.69) is 5.32 Å². The Morgan fingerprint density at radius 1 is 1.24 bits per heavy atom. The second-order valence-electron chi connectivity index (χ2n) is 6.59. The fourth-order valence-corrected chi connectivity index (χ4v) is 3.44. The van der Waals surface area contributed by atoms with Crippen LogP contribution in [0.25, 0.3) is 0 Å². The van der Waals surface area contributed by atoms with Crippen LogP contribution in [0.1, 0.15) is 12.5 Å². The first kappa shape index (κ1) is 22.2. The molecule has 0 aliphatic carbocycles. The largest absolute Gasteiger partial charge is 0.491 e. The Hall–Kier alpha value is -3.14. The highest BCUT2D eigenvalue weighted by atomic mass is 32.2. The van der Waals surface area contributed by atoms with Crippen LogP contribution in [0.5, 0.6) is 5.75 Å². The molecule has 0 saturated heterocycles. The van der Waals surface area contributed by atoms with Crippen LogP contribution in [-0.2, 0) is 14.8 Å². The second kappa shape index (κ2) is 9.37. The summed E-state index contributed by atoms with van der Waals surface area (Å²) in [5.74, 6) is 0.144. The van der Waals surface area contributed by atoms with Gasteiger partial charge in [-0.1, -0.05) is 24.3 Å². The number of rotatable bonds is 9. The van der Waals surface area contributed by atoms with Crippen LogP contribution in [0.3, 0.4) is 0 Å². The highest BCUT2D eigenvalue weighted by Gasteiger charge is 2.23. The number of carbonyl (C=O) groups is 1. The summed E-state index contributed by atoms with van der Waals surface area (Å²) >= 11 is 0. The molecule has 1 amide bonds. The van der Waals surface area contributed by atoms with Gasteiger partial charge in [-0.15, -0.1) is 0 Å². The van der Waals surface area contributed by atoms with Gasteiger partial charge in [0, 0.05) is 12.1 Å². The zero-order chi connectivity index (χ0) is 21.6. The number of ether oxygens (including phenoxy) is 1. The second-order valence-corrected chi connectivity index (χ2v) is 8.50. The minimum atomic E-state index is -3.83. The lowest BCUT2D eigenvalue weighted by molar-refractivity contribution is -0.384. The van der Waals surface area contributed by atoms with E-state index in [9.17, 15) is 23.3 Å². The van der Waals surface area contributed by atoms with Gasteiger partial charge < -0.3 is 10.1 Å². The smallest absolute Gasteiger partial charge is 0.271 e. The van der Waals surface area contributed by atoms with Gasteiger partial charge in [-0.05, 0) is 31.5 Å². The SMILES string of the molecule is Cc1ccccc1OC[C@H](C)NC(=O)CN(c1cccc([N+](=O)[O-])c1)S(C)(=O)=O. The molecule has 29 heavy (non-hydrogen) atoms. The van der Waals surface area contributed by atoms with Gasteiger partial charge in [0.15, 0.2) is 0 Å². The van der Waals surface area contributed by atoms with Crippen LogP contribution in [0, 0.1) is 17.0 Å². The average molecular weight is 421 g/mol. The van der Waals surface area contributed by atoms with Gasteiger partial charge in [0.2, 0.25) is 15.9 Å². The van der Waals surface area contributed by atoms with Crippen LogP contribution in [-0.4, -0.2) is 44.7 Å². The maximum atomic E-state index is 12.4. The third kappa shape index (κ3) is 6.46. The monoisotopic (exact) mass is 421 g/mol. The van der Waals surface area contributed by atoms with E-state index in [0.29, 0.717) is 5.75 Å². The quantitative estimate of drug-likeness (QED) is 0.490. The van der Waals surface area contributed by atoms with Gasteiger partial charge in [0.05, 0.1) is 22.9 Å². The molecule has 2 aromatic rings. The summed E-state index contributed by atoms with van der Waals surface area (Å²) in [5, 5.41) is 13.6. The van der Waals surface area contributed by atoms with Crippen molar-refractivity contribution in [2.75, 3.05) is 23.7 Å². The number of aryl methyl sites for hydroxylation is 1. The Bertz CT molecular complexity index is 993. The summed E-state index contributed by atoms with van der Waals surface area (Å²) in [5.41, 5.74) is 0.733. The molecule has 9 nitrogen and oxygen atoms in total. The van der Waals surface area contributed by atoms with Crippen LogP contribution in [0.4, 0.5) is 11.4 Å². The van der Waals surface area contributed by atoms with Crippen LogP contribution >= 0.6 is 0 Å². The van der Waals surface area contributed by atoms with E-state index in [1.165, 1.54) is 18.2 Å². The van der Waals surface area contributed by atoms with Crippen molar-refractivity contribution < 1.29 is 22.9 Å². The molecule has 0 spiro atoms. The van der Waals surface area contributed by atoms with E-state index in [0.717, 1.165) is 22.2 Å². The molecular formula is C19H23N3O6S. The number of benzene rings is 2. The molecule has 0 aliphatic rings. The summed E-state index contributed by atoms with van der Waals surface area (Å²) in [7, 11) is -3.83. The van der Waals surface area contributed by atoms with E-state index in [4.69, 9.17) is 4.74 Å². The Morgan fingerprint density at radius 2 is 1.93 bits per heavy atom. The zero-order valence-electron chi connectivity index (χ0n) is 16.4. The number of nitro groups is 1. The number of sulfonamides is 1. The van der Waals surface area contributed by atoms with Gasteiger partial charge >= 0.3 is 0 Å². The first-order valence-corrected chi connectivity index (χ1v) is 10.6. The van der Waals surface area contributed by atoms with Crippen molar-refractivity contribution in [3.8, 4) is 5.75 Å². The summed E-state index contributed by atoms with van der Waals surface area (Å²) < 4.78 is 30.8. The number of nitro benzene ring substituents is 1. The molecule has 156 valence electrons. The highest BCUT2D eigenvalue weighted by molar-refractivity contribution is 7.92. The molecule has 0 unspecified atom stereocenters. The number of non-ortho nitro benzene ring substituents is 1. The average Bonchev–Trinajstić information content (AvgIpc) is 2.64. The standard InChI is InChI=1S/C19H23N3O6S/c1-14-7-4-5-10-18(14)28-13-15(2)20-19(23)12-21(29(3,26)27)16-8-6-9-17(11-16)22(24)25/h4-11,15H,12-13H2,1-3H3,(H,20,23)/t15-/m0/s1. The lowest BCUT2D eigenvalue weighted by Gasteiger charge is -2.23. The predicted octanol–water partition coefficient (Wildman–Crippen LogP) is 2.25. The molecular weight excluding hydrogens is 398 g/mol. The van der Waals surface area contributed by atoms with Crippen molar-refractivity contribution in [1.82, 2.24) is 5.32 Å². The van der Waals surface area contributed by atoms with Gasteiger partial charge in [0.25, 0.3) is 5.69 Å². The first-order valence-electron chi connectivity index (χ1n) is 8.78. The predicted molar refractivity (Wildman–Crippen MR) is 110 cm³/mol. The fraction of sp³-hybridized carbons (Fsp3) is 0.316. The molecule has 10 heteroatoms. The van der Waals surface area contributed by atoms with Gasteiger partial charge in [0.1, 0.15) is 18.9 Å². The molecule has 0 aromatic heterocycles. The number of nitrogens with one attached hydrogen (secondary N) is 1. The minimum absolute atomic E-state index is 0.0423. The van der Waals surface area contributed by atoms with Gasteiger partial charge in [-0.2, -0.15) is 0 Å². The van der Waals surface area contributed by atoms with Crippen LogP contribution in [0.2, 0.25) is 0 Å². The maximum Gasteiger partial charge on any atom is 0.271 e. The maximum absolute atomic E-state index is 12.4. The molecule has 0 saturated carbocycles. The van der Waals surface area contributed by atoms with Crippen molar-refractivity contribution >= 4 is 27.3 Å². The Balaban J connectivity index is 2.04. The van der Waals surface area contributed by atoms with Crippen LogP contribution < -0.4 is 14.4 Å². The van der Waals surface area contributed by atoms with E-state index in [-0.39, 0.29) is 24.0 Å². The molecule has 2 rings (SSSR count). The Labute approximate surface area is 169 Å². The molecule has 0 bridgehead atoms. The number of hydrogen-bond donors (Lipinski definition) is 1. The van der Waals surface area contributed by atoms with Gasteiger partial charge in [-0.3, -0.25) is 19.2 Å². The summed E-state index contributed by atoms with van der Waals surface area (Å²) in [6.45, 7) is 3.33. The Morgan fingerprint density at radius 3 is 2.55 bits per heavy atom. The van der Waals surface area contributed by atoms with E-state index >= 15 is 0 Å².